The molecule has 1 amide bonds. The minimum absolute atomic E-state index is 0.0887. The Morgan fingerprint density at radius 3 is 2.37 bits per heavy atom. The van der Waals surface area contributed by atoms with Gasteiger partial charge in [0, 0.05) is 27.5 Å². The van der Waals surface area contributed by atoms with E-state index < -0.39 is 22.5 Å². The van der Waals surface area contributed by atoms with Crippen LogP contribution in [0.2, 0.25) is 5.02 Å². The molecule has 0 saturated heterocycles. The van der Waals surface area contributed by atoms with Gasteiger partial charge in [-0.3, -0.25) is 9.10 Å². The minimum Gasteiger partial charge on any atom is -0.456 e. The first-order valence-corrected chi connectivity index (χ1v) is 12.7. The number of furan rings is 1. The molecule has 6 nitrogen and oxygen atoms in total. The second-order valence-corrected chi connectivity index (χ2v) is 10.4. The number of para-hydroxylation sites is 1. The number of fused-ring (bicyclic) bond motifs is 3. The molecule has 0 aliphatic carbocycles. The van der Waals surface area contributed by atoms with Gasteiger partial charge < -0.3 is 9.73 Å². The van der Waals surface area contributed by atoms with Crippen molar-refractivity contribution >= 4 is 60.8 Å². The summed E-state index contributed by atoms with van der Waals surface area (Å²) in [5.74, 6) is -0.491. The summed E-state index contributed by atoms with van der Waals surface area (Å²) in [7, 11) is -4.02. The first-order chi connectivity index (χ1) is 16.8. The highest BCUT2D eigenvalue weighted by atomic mass is 35.5. The molecule has 1 N–H and O–H groups in total. The minimum atomic E-state index is -4.02. The fourth-order valence-electron chi connectivity index (χ4n) is 4.05. The monoisotopic (exact) mass is 504 g/mol. The second-order valence-electron chi connectivity index (χ2n) is 8.11. The normalized spacial score (nSPS) is 11.6. The molecule has 176 valence electrons. The van der Waals surface area contributed by atoms with Gasteiger partial charge in [-0.25, -0.2) is 8.42 Å². The lowest BCUT2D eigenvalue weighted by atomic mass is 10.1. The van der Waals surface area contributed by atoms with Gasteiger partial charge in [0.2, 0.25) is 5.91 Å². The molecule has 0 aliphatic heterocycles. The third-order valence-corrected chi connectivity index (χ3v) is 7.72. The summed E-state index contributed by atoms with van der Waals surface area (Å²) < 4.78 is 34.1. The number of hydrogen-bond donors (Lipinski definition) is 1. The van der Waals surface area contributed by atoms with Gasteiger partial charge in [-0.2, -0.15) is 0 Å². The van der Waals surface area contributed by atoms with Gasteiger partial charge in [0.05, 0.1) is 10.6 Å². The van der Waals surface area contributed by atoms with Crippen molar-refractivity contribution in [3.05, 3.63) is 102 Å². The summed E-state index contributed by atoms with van der Waals surface area (Å²) in [6.07, 6.45) is 0. The molecule has 0 saturated carbocycles. The largest absolute Gasteiger partial charge is 0.456 e. The van der Waals surface area contributed by atoms with Gasteiger partial charge in [0.15, 0.2) is 0 Å². The van der Waals surface area contributed by atoms with E-state index in [0.717, 1.165) is 20.7 Å². The van der Waals surface area contributed by atoms with E-state index in [9.17, 15) is 13.2 Å². The third kappa shape index (κ3) is 4.48. The molecule has 1 aromatic heterocycles. The van der Waals surface area contributed by atoms with Crippen LogP contribution in [0.1, 0.15) is 5.56 Å². The number of rotatable bonds is 6. The number of carbonyl (C=O) groups excluding carboxylic acids is 1. The molecular weight excluding hydrogens is 484 g/mol. The SMILES string of the molecule is Cc1cc(Cl)ccc1N(CC(=O)Nc1ccc2c(c1)oc1ccccc12)S(=O)(=O)c1ccccc1. The third-order valence-electron chi connectivity index (χ3n) is 5.71. The second kappa shape index (κ2) is 9.09. The van der Waals surface area contributed by atoms with Crippen molar-refractivity contribution < 1.29 is 17.6 Å². The topological polar surface area (TPSA) is 79.6 Å². The van der Waals surface area contributed by atoms with Crippen LogP contribution in [0.25, 0.3) is 21.9 Å². The van der Waals surface area contributed by atoms with Gasteiger partial charge in [0.1, 0.15) is 17.7 Å². The van der Waals surface area contributed by atoms with E-state index in [0.29, 0.717) is 27.5 Å². The average Bonchev–Trinajstić information content (AvgIpc) is 3.21. The molecule has 0 aliphatic rings. The number of carbonyl (C=O) groups is 1. The van der Waals surface area contributed by atoms with Crippen molar-refractivity contribution in [2.75, 3.05) is 16.2 Å². The van der Waals surface area contributed by atoms with Gasteiger partial charge >= 0.3 is 0 Å². The summed E-state index contributed by atoms with van der Waals surface area (Å²) in [6.45, 7) is 1.33. The van der Waals surface area contributed by atoms with E-state index >= 15 is 0 Å². The highest BCUT2D eigenvalue weighted by Gasteiger charge is 2.28. The summed E-state index contributed by atoms with van der Waals surface area (Å²) in [5, 5.41) is 5.20. The van der Waals surface area contributed by atoms with Crippen LogP contribution >= 0.6 is 11.6 Å². The zero-order chi connectivity index (χ0) is 24.6. The van der Waals surface area contributed by atoms with E-state index in [4.69, 9.17) is 16.0 Å². The summed E-state index contributed by atoms with van der Waals surface area (Å²) in [6, 6.07) is 26.0. The Morgan fingerprint density at radius 1 is 0.886 bits per heavy atom. The number of halogens is 1. The Hall–Kier alpha value is -3.81. The molecule has 0 unspecified atom stereocenters. The summed E-state index contributed by atoms with van der Waals surface area (Å²) in [5.41, 5.74) is 2.90. The Balaban J connectivity index is 1.47. The lowest BCUT2D eigenvalue weighted by Gasteiger charge is -2.25. The smallest absolute Gasteiger partial charge is 0.264 e. The van der Waals surface area contributed by atoms with Crippen LogP contribution in [0.4, 0.5) is 11.4 Å². The number of nitrogens with zero attached hydrogens (tertiary/aromatic N) is 1. The molecule has 0 bridgehead atoms. The van der Waals surface area contributed by atoms with Crippen molar-refractivity contribution in [1.29, 1.82) is 0 Å². The van der Waals surface area contributed by atoms with Crippen molar-refractivity contribution in [2.24, 2.45) is 0 Å². The van der Waals surface area contributed by atoms with Crippen LogP contribution in [0, 0.1) is 6.92 Å². The van der Waals surface area contributed by atoms with Crippen LogP contribution in [0.5, 0.6) is 0 Å². The zero-order valence-corrected chi connectivity index (χ0v) is 20.3. The molecule has 1 heterocycles. The highest BCUT2D eigenvalue weighted by molar-refractivity contribution is 7.92. The molecule has 0 atom stereocenters. The van der Waals surface area contributed by atoms with Crippen LogP contribution in [0.3, 0.4) is 0 Å². The number of anilines is 2. The Morgan fingerprint density at radius 2 is 1.60 bits per heavy atom. The molecule has 0 fully saturated rings. The standard InChI is InChI=1S/C27H21ClN2O4S/c1-18-15-19(28)11-14-24(18)30(35(32,33)21-7-3-2-4-8-21)17-27(31)29-20-12-13-23-22-9-5-6-10-25(22)34-26(23)16-20/h2-16H,17H2,1H3,(H,29,31). The van der Waals surface area contributed by atoms with E-state index in [1.807, 2.05) is 30.3 Å². The summed E-state index contributed by atoms with van der Waals surface area (Å²) >= 11 is 6.09. The molecular formula is C27H21ClN2O4S. The molecule has 5 rings (SSSR count). The molecule has 35 heavy (non-hydrogen) atoms. The van der Waals surface area contributed by atoms with Crippen LogP contribution < -0.4 is 9.62 Å². The Bertz CT molecular complexity index is 1660. The fraction of sp³-hybridized carbons (Fsp3) is 0.0741. The highest BCUT2D eigenvalue weighted by Crippen LogP contribution is 2.31. The lowest BCUT2D eigenvalue weighted by molar-refractivity contribution is -0.114. The number of amides is 1. The number of sulfonamides is 1. The first kappa shape index (κ1) is 23.0. The number of aryl methyl sites for hydroxylation is 1. The maximum Gasteiger partial charge on any atom is 0.264 e. The molecule has 5 aromatic rings. The Kier molecular flexibility index (Phi) is 5.96. The van der Waals surface area contributed by atoms with Gasteiger partial charge in [0.25, 0.3) is 10.0 Å². The van der Waals surface area contributed by atoms with Gasteiger partial charge in [-0.15, -0.1) is 0 Å². The average molecular weight is 505 g/mol. The number of hydrogen-bond acceptors (Lipinski definition) is 4. The summed E-state index contributed by atoms with van der Waals surface area (Å²) in [4.78, 5) is 13.2. The molecule has 0 spiro atoms. The van der Waals surface area contributed by atoms with Crippen molar-refractivity contribution in [3.63, 3.8) is 0 Å². The maximum absolute atomic E-state index is 13.5. The number of nitrogens with one attached hydrogen (secondary N) is 1. The fourth-order valence-corrected chi connectivity index (χ4v) is 5.79. The van der Waals surface area contributed by atoms with Gasteiger partial charge in [-0.1, -0.05) is 48.0 Å². The molecule has 4 aromatic carbocycles. The predicted molar refractivity (Wildman–Crippen MR) is 140 cm³/mol. The number of benzene rings is 4. The van der Waals surface area contributed by atoms with E-state index in [2.05, 4.69) is 5.32 Å². The van der Waals surface area contributed by atoms with Crippen LogP contribution in [0.15, 0.2) is 100 Å². The van der Waals surface area contributed by atoms with Crippen LogP contribution in [-0.2, 0) is 14.8 Å². The quantitative estimate of drug-likeness (QED) is 0.291. The first-order valence-electron chi connectivity index (χ1n) is 10.9. The predicted octanol–water partition coefficient (Wildman–Crippen LogP) is 6.38. The maximum atomic E-state index is 13.5. The van der Waals surface area contributed by atoms with E-state index in [-0.39, 0.29) is 4.90 Å². The van der Waals surface area contributed by atoms with Crippen molar-refractivity contribution in [1.82, 2.24) is 0 Å². The molecule has 8 heteroatoms. The zero-order valence-electron chi connectivity index (χ0n) is 18.7. The van der Waals surface area contributed by atoms with Crippen molar-refractivity contribution in [3.8, 4) is 0 Å². The van der Waals surface area contributed by atoms with Crippen LogP contribution in [-0.4, -0.2) is 20.9 Å². The Labute approximate surface area is 207 Å². The lowest BCUT2D eigenvalue weighted by Crippen LogP contribution is -2.38. The van der Waals surface area contributed by atoms with Crippen molar-refractivity contribution in [2.45, 2.75) is 11.8 Å². The van der Waals surface area contributed by atoms with E-state index in [1.165, 1.54) is 12.1 Å². The molecule has 0 radical (unpaired) electrons. The van der Waals surface area contributed by atoms with Gasteiger partial charge in [-0.05, 0) is 61.0 Å². The van der Waals surface area contributed by atoms with E-state index in [1.54, 1.807) is 55.5 Å².